The van der Waals surface area contributed by atoms with Crippen LogP contribution in [-0.4, -0.2) is 49.1 Å². The van der Waals surface area contributed by atoms with E-state index in [2.05, 4.69) is 78.6 Å². The molecule has 0 saturated heterocycles. The smallest absolute Gasteiger partial charge is 0.191 e. The summed E-state index contributed by atoms with van der Waals surface area (Å²) >= 11 is 0. The van der Waals surface area contributed by atoms with Gasteiger partial charge in [-0.3, -0.25) is 9.89 Å². The van der Waals surface area contributed by atoms with Gasteiger partial charge in [-0.25, -0.2) is 0 Å². The van der Waals surface area contributed by atoms with Crippen LogP contribution in [0.15, 0.2) is 35.3 Å². The van der Waals surface area contributed by atoms with Gasteiger partial charge in [0.1, 0.15) is 0 Å². The van der Waals surface area contributed by atoms with E-state index in [1.165, 1.54) is 12.0 Å². The van der Waals surface area contributed by atoms with Gasteiger partial charge in [0, 0.05) is 44.2 Å². The van der Waals surface area contributed by atoms with Crippen LogP contribution in [0.25, 0.3) is 0 Å². The fraction of sp³-hybridized carbons (Fsp3) is 0.632. The highest BCUT2D eigenvalue weighted by atomic mass is 127. The summed E-state index contributed by atoms with van der Waals surface area (Å²) in [6.07, 6.45) is 1.19. The van der Waals surface area contributed by atoms with Crippen LogP contribution in [0, 0.1) is 0 Å². The number of benzene rings is 1. The molecule has 136 valence electrons. The summed E-state index contributed by atoms with van der Waals surface area (Å²) in [7, 11) is 1.85. The van der Waals surface area contributed by atoms with Gasteiger partial charge in [0.25, 0.3) is 0 Å². The largest absolute Gasteiger partial charge is 0.355 e. The molecule has 0 aliphatic heterocycles. The molecule has 1 aliphatic rings. The lowest BCUT2D eigenvalue weighted by Gasteiger charge is -2.30. The number of nitrogens with zero attached hydrogens (tertiary/aromatic N) is 2. The van der Waals surface area contributed by atoms with E-state index in [4.69, 9.17) is 0 Å². The van der Waals surface area contributed by atoms with Crippen molar-refractivity contribution in [1.29, 1.82) is 0 Å². The van der Waals surface area contributed by atoms with Gasteiger partial charge < -0.3 is 10.6 Å². The standard InChI is InChI=1S/C19H32N4.HI/c1-14(2)23(15(3)4)12-11-21-19(20-5)22-18-13-17(18)16-9-7-6-8-10-16;/h6-10,14-15,17-18H,11-13H2,1-5H3,(H2,20,21,22);1H. The molecule has 0 spiro atoms. The maximum Gasteiger partial charge on any atom is 0.191 e. The number of hydrogen-bond acceptors (Lipinski definition) is 2. The molecule has 1 aromatic rings. The van der Waals surface area contributed by atoms with Crippen LogP contribution in [0.1, 0.15) is 45.6 Å². The van der Waals surface area contributed by atoms with E-state index < -0.39 is 0 Å². The van der Waals surface area contributed by atoms with E-state index in [1.807, 2.05) is 7.05 Å². The number of hydrogen-bond donors (Lipinski definition) is 2. The predicted molar refractivity (Wildman–Crippen MR) is 114 cm³/mol. The van der Waals surface area contributed by atoms with Gasteiger partial charge in [-0.2, -0.15) is 0 Å². The summed E-state index contributed by atoms with van der Waals surface area (Å²) in [5, 5.41) is 6.99. The number of aliphatic imine (C=N–C) groups is 1. The van der Waals surface area contributed by atoms with Gasteiger partial charge in [-0.05, 0) is 39.7 Å². The van der Waals surface area contributed by atoms with E-state index in [9.17, 15) is 0 Å². The molecular weight excluding hydrogens is 411 g/mol. The molecule has 1 fully saturated rings. The molecule has 2 atom stereocenters. The van der Waals surface area contributed by atoms with Crippen LogP contribution < -0.4 is 10.6 Å². The first-order valence-electron chi connectivity index (χ1n) is 8.80. The van der Waals surface area contributed by atoms with Crippen LogP contribution in [0.3, 0.4) is 0 Å². The molecular formula is C19H33IN4. The molecule has 0 amide bonds. The second-order valence-electron chi connectivity index (χ2n) is 6.93. The fourth-order valence-electron chi connectivity index (χ4n) is 3.21. The number of rotatable bonds is 7. The number of guanidine groups is 1. The van der Waals surface area contributed by atoms with E-state index in [0.29, 0.717) is 24.0 Å². The Morgan fingerprint density at radius 3 is 2.33 bits per heavy atom. The topological polar surface area (TPSA) is 39.7 Å². The minimum Gasteiger partial charge on any atom is -0.355 e. The molecule has 24 heavy (non-hydrogen) atoms. The van der Waals surface area contributed by atoms with E-state index in [1.54, 1.807) is 0 Å². The normalized spacial score (nSPS) is 20.2. The number of nitrogens with one attached hydrogen (secondary N) is 2. The Hall–Kier alpha value is -0.820. The van der Waals surface area contributed by atoms with Crippen molar-refractivity contribution in [1.82, 2.24) is 15.5 Å². The van der Waals surface area contributed by atoms with Gasteiger partial charge >= 0.3 is 0 Å². The Kier molecular flexibility index (Phi) is 9.05. The SMILES string of the molecule is CN=C(NCCN(C(C)C)C(C)C)NC1CC1c1ccccc1.I. The van der Waals surface area contributed by atoms with Crippen molar-refractivity contribution in [2.75, 3.05) is 20.1 Å². The van der Waals surface area contributed by atoms with Crippen molar-refractivity contribution in [3.63, 3.8) is 0 Å². The highest BCUT2D eigenvalue weighted by molar-refractivity contribution is 14.0. The summed E-state index contributed by atoms with van der Waals surface area (Å²) < 4.78 is 0. The van der Waals surface area contributed by atoms with Gasteiger partial charge in [0.15, 0.2) is 5.96 Å². The predicted octanol–water partition coefficient (Wildman–Crippen LogP) is 3.44. The Labute approximate surface area is 164 Å². The molecule has 0 bridgehead atoms. The molecule has 0 radical (unpaired) electrons. The lowest BCUT2D eigenvalue weighted by atomic mass is 10.1. The first-order valence-corrected chi connectivity index (χ1v) is 8.80. The Balaban J connectivity index is 0.00000288. The Morgan fingerprint density at radius 2 is 1.79 bits per heavy atom. The second kappa shape index (κ2) is 10.2. The molecule has 0 heterocycles. The molecule has 0 aromatic heterocycles. The third-order valence-corrected chi connectivity index (χ3v) is 4.55. The van der Waals surface area contributed by atoms with Gasteiger partial charge in [0.05, 0.1) is 0 Å². The monoisotopic (exact) mass is 444 g/mol. The summed E-state index contributed by atoms with van der Waals surface area (Å²) in [6.45, 7) is 11.0. The zero-order valence-electron chi connectivity index (χ0n) is 15.6. The lowest BCUT2D eigenvalue weighted by Crippen LogP contribution is -2.45. The second-order valence-corrected chi connectivity index (χ2v) is 6.93. The van der Waals surface area contributed by atoms with Gasteiger partial charge in [-0.1, -0.05) is 30.3 Å². The molecule has 1 aliphatic carbocycles. The maximum absolute atomic E-state index is 4.36. The van der Waals surface area contributed by atoms with Gasteiger partial charge in [0.2, 0.25) is 0 Å². The number of halogens is 1. The summed E-state index contributed by atoms with van der Waals surface area (Å²) in [5.41, 5.74) is 1.42. The Morgan fingerprint density at radius 1 is 1.17 bits per heavy atom. The van der Waals surface area contributed by atoms with Crippen molar-refractivity contribution in [3.8, 4) is 0 Å². The van der Waals surface area contributed by atoms with Crippen LogP contribution >= 0.6 is 24.0 Å². The average molecular weight is 444 g/mol. The molecule has 2 N–H and O–H groups in total. The van der Waals surface area contributed by atoms with Crippen molar-refractivity contribution < 1.29 is 0 Å². The zero-order chi connectivity index (χ0) is 16.8. The quantitative estimate of drug-likeness (QED) is 0.385. The summed E-state index contributed by atoms with van der Waals surface area (Å²) in [4.78, 5) is 6.85. The molecule has 1 aromatic carbocycles. The molecule has 5 heteroatoms. The molecule has 4 nitrogen and oxygen atoms in total. The first-order chi connectivity index (χ1) is 11.0. The third kappa shape index (κ3) is 6.24. The Bertz CT molecular complexity index is 493. The average Bonchev–Trinajstić information content (AvgIpc) is 3.29. The summed E-state index contributed by atoms with van der Waals surface area (Å²) in [6, 6.07) is 12.4. The lowest BCUT2D eigenvalue weighted by molar-refractivity contribution is 0.178. The van der Waals surface area contributed by atoms with Crippen molar-refractivity contribution in [2.24, 2.45) is 4.99 Å². The highest BCUT2D eigenvalue weighted by Gasteiger charge is 2.38. The third-order valence-electron chi connectivity index (χ3n) is 4.55. The maximum atomic E-state index is 4.36. The van der Waals surface area contributed by atoms with Crippen LogP contribution in [0.4, 0.5) is 0 Å². The van der Waals surface area contributed by atoms with E-state index in [-0.39, 0.29) is 24.0 Å². The molecule has 2 rings (SSSR count). The van der Waals surface area contributed by atoms with E-state index in [0.717, 1.165) is 19.0 Å². The van der Waals surface area contributed by atoms with Crippen LogP contribution in [0.5, 0.6) is 0 Å². The molecule has 1 saturated carbocycles. The van der Waals surface area contributed by atoms with Gasteiger partial charge in [-0.15, -0.1) is 24.0 Å². The molecule has 2 unspecified atom stereocenters. The van der Waals surface area contributed by atoms with Crippen LogP contribution in [-0.2, 0) is 0 Å². The van der Waals surface area contributed by atoms with Crippen LogP contribution in [0.2, 0.25) is 0 Å². The zero-order valence-corrected chi connectivity index (χ0v) is 18.0. The highest BCUT2D eigenvalue weighted by Crippen LogP contribution is 2.40. The minimum atomic E-state index is 0. The van der Waals surface area contributed by atoms with Crippen molar-refractivity contribution in [2.45, 2.75) is 58.2 Å². The fourth-order valence-corrected chi connectivity index (χ4v) is 3.21. The summed E-state index contributed by atoms with van der Waals surface area (Å²) in [5.74, 6) is 1.54. The van der Waals surface area contributed by atoms with Crippen molar-refractivity contribution >= 4 is 29.9 Å². The van der Waals surface area contributed by atoms with E-state index >= 15 is 0 Å². The minimum absolute atomic E-state index is 0. The first kappa shape index (κ1) is 21.2. The van der Waals surface area contributed by atoms with Crippen molar-refractivity contribution in [3.05, 3.63) is 35.9 Å².